The molecular formula is C33H43N5O5. The Kier molecular flexibility index (Phi) is 10.6. The highest BCUT2D eigenvalue weighted by Gasteiger charge is 2.25. The number of anilines is 2. The van der Waals surface area contributed by atoms with Crippen LogP contribution in [-0.2, 0) is 30.6 Å². The molecule has 10 heteroatoms. The summed E-state index contributed by atoms with van der Waals surface area (Å²) < 4.78 is 2.05. The van der Waals surface area contributed by atoms with Gasteiger partial charge in [-0.3, -0.25) is 4.79 Å². The molecule has 2 aromatic carbocycles. The molecular weight excluding hydrogens is 546 g/mol. The topological polar surface area (TPSA) is 151 Å². The molecule has 0 bridgehead atoms. The first-order valence-corrected chi connectivity index (χ1v) is 15.5. The lowest BCUT2D eigenvalue weighted by Crippen LogP contribution is -2.21. The van der Waals surface area contributed by atoms with E-state index in [0.717, 1.165) is 59.5 Å². The maximum Gasteiger partial charge on any atom is 0.334 e. The van der Waals surface area contributed by atoms with Gasteiger partial charge in [0.1, 0.15) is 0 Å². The number of fused-ring (bicyclic) bond motifs is 3. The number of Topliss-reactive ketones (excluding diaryl/α,β-unsaturated/α-hetero) is 1. The molecule has 1 heterocycles. The van der Waals surface area contributed by atoms with E-state index in [1.165, 1.54) is 6.42 Å². The number of ketones is 1. The molecule has 0 amide bonds. The van der Waals surface area contributed by atoms with Crippen molar-refractivity contribution < 1.29 is 24.1 Å². The first-order valence-electron chi connectivity index (χ1n) is 15.5. The summed E-state index contributed by atoms with van der Waals surface area (Å²) in [5.41, 5.74) is 17.8. The van der Waals surface area contributed by atoms with Gasteiger partial charge in [0.05, 0.1) is 28.1 Å². The van der Waals surface area contributed by atoms with E-state index in [0.29, 0.717) is 42.0 Å². The van der Waals surface area contributed by atoms with Gasteiger partial charge in [-0.1, -0.05) is 69.6 Å². The van der Waals surface area contributed by atoms with Gasteiger partial charge in [0.25, 0.3) is 0 Å². The summed E-state index contributed by atoms with van der Waals surface area (Å²) in [6, 6.07) is 7.39. The molecule has 0 aliphatic heterocycles. The Morgan fingerprint density at radius 1 is 0.814 bits per heavy atom. The van der Waals surface area contributed by atoms with Crippen LogP contribution in [0.5, 0.6) is 0 Å². The van der Waals surface area contributed by atoms with Crippen molar-refractivity contribution in [3.8, 4) is 0 Å². The summed E-state index contributed by atoms with van der Waals surface area (Å²) in [5.74, 6) is -0.847. The lowest BCUT2D eigenvalue weighted by atomic mass is 9.84. The van der Waals surface area contributed by atoms with Crippen LogP contribution >= 0.6 is 0 Å². The maximum atomic E-state index is 13.7. The minimum atomic E-state index is -0.525. The van der Waals surface area contributed by atoms with Crippen LogP contribution in [0.25, 0.3) is 21.8 Å². The van der Waals surface area contributed by atoms with E-state index in [1.54, 1.807) is 19.9 Å². The minimum Gasteiger partial charge on any atom is -0.397 e. The zero-order valence-corrected chi connectivity index (χ0v) is 25.7. The quantitative estimate of drug-likeness (QED) is 0.104. The van der Waals surface area contributed by atoms with Gasteiger partial charge in [-0.2, -0.15) is 0 Å². The highest BCUT2D eigenvalue weighted by molar-refractivity contribution is 6.46. The van der Waals surface area contributed by atoms with E-state index in [2.05, 4.69) is 14.9 Å². The fourth-order valence-electron chi connectivity index (χ4n) is 5.88. The second kappa shape index (κ2) is 14.3. The molecule has 0 radical (unpaired) electrons. The van der Waals surface area contributed by atoms with Gasteiger partial charge in [0.15, 0.2) is 11.5 Å². The van der Waals surface area contributed by atoms with Crippen molar-refractivity contribution in [2.45, 2.75) is 98.4 Å². The Morgan fingerprint density at radius 3 is 1.93 bits per heavy atom. The van der Waals surface area contributed by atoms with Gasteiger partial charge in [-0.05, 0) is 43.5 Å². The lowest BCUT2D eigenvalue weighted by Gasteiger charge is -2.21. The number of hydrogen-bond acceptors (Lipinski definition) is 9. The van der Waals surface area contributed by atoms with Crippen molar-refractivity contribution >= 4 is 62.3 Å². The number of carbonyl (C=O) groups is 3. The summed E-state index contributed by atoms with van der Waals surface area (Å²) in [7, 11) is 0. The Hall–Kier alpha value is -4.21. The van der Waals surface area contributed by atoms with Gasteiger partial charge in [-0.15, -0.1) is 0 Å². The van der Waals surface area contributed by atoms with Crippen molar-refractivity contribution in [1.29, 1.82) is 0 Å². The van der Waals surface area contributed by atoms with E-state index < -0.39 is 11.9 Å². The van der Waals surface area contributed by atoms with Crippen LogP contribution < -0.4 is 11.5 Å². The molecule has 0 unspecified atom stereocenters. The van der Waals surface area contributed by atoms with Gasteiger partial charge in [-0.25, -0.2) is 9.59 Å². The van der Waals surface area contributed by atoms with E-state index in [9.17, 15) is 14.4 Å². The van der Waals surface area contributed by atoms with Crippen LogP contribution in [0.3, 0.4) is 0 Å². The van der Waals surface area contributed by atoms with E-state index in [4.69, 9.17) is 21.1 Å². The molecule has 43 heavy (non-hydrogen) atoms. The molecule has 10 nitrogen and oxygen atoms in total. The number of rotatable bonds is 12. The van der Waals surface area contributed by atoms with Crippen molar-refractivity contribution in [3.05, 3.63) is 35.4 Å². The third kappa shape index (κ3) is 7.06. The second-order valence-electron chi connectivity index (χ2n) is 11.2. The van der Waals surface area contributed by atoms with Crippen LogP contribution in [0.4, 0.5) is 11.4 Å². The average molecular weight is 590 g/mol. The van der Waals surface area contributed by atoms with Gasteiger partial charge in [0, 0.05) is 47.7 Å². The summed E-state index contributed by atoms with van der Waals surface area (Å²) >= 11 is 0. The molecule has 0 atom stereocenters. The third-order valence-electron chi connectivity index (χ3n) is 8.06. The summed E-state index contributed by atoms with van der Waals surface area (Å²) in [5, 5.41) is 9.85. The lowest BCUT2D eigenvalue weighted by molar-refractivity contribution is -0.144. The first-order chi connectivity index (χ1) is 20.7. The van der Waals surface area contributed by atoms with Crippen LogP contribution in [0.1, 0.15) is 103 Å². The summed E-state index contributed by atoms with van der Waals surface area (Å²) in [4.78, 5) is 47.8. The number of benzene rings is 2. The van der Waals surface area contributed by atoms with Crippen molar-refractivity contribution in [2.24, 2.45) is 16.2 Å². The molecule has 4 rings (SSSR count). The van der Waals surface area contributed by atoms with Gasteiger partial charge >= 0.3 is 11.9 Å². The Bertz CT molecular complexity index is 1580. The van der Waals surface area contributed by atoms with E-state index >= 15 is 0 Å². The largest absolute Gasteiger partial charge is 0.397 e. The minimum absolute atomic E-state index is 0.0854. The Morgan fingerprint density at radius 2 is 1.37 bits per heavy atom. The summed E-state index contributed by atoms with van der Waals surface area (Å²) in [6.45, 7) is 8.02. The third-order valence-corrected chi connectivity index (χ3v) is 8.06. The van der Waals surface area contributed by atoms with Crippen LogP contribution in [0.2, 0.25) is 0 Å². The van der Waals surface area contributed by atoms with E-state index in [1.807, 2.05) is 32.0 Å². The van der Waals surface area contributed by atoms with Crippen molar-refractivity contribution in [3.63, 3.8) is 0 Å². The predicted molar refractivity (Wildman–Crippen MR) is 171 cm³/mol. The van der Waals surface area contributed by atoms with E-state index in [-0.39, 0.29) is 30.3 Å². The monoisotopic (exact) mass is 589 g/mol. The molecule has 4 N–H and O–H groups in total. The summed E-state index contributed by atoms with van der Waals surface area (Å²) in [6.07, 6.45) is 7.44. The normalized spacial score (nSPS) is 14.8. The Balaban J connectivity index is 1.90. The number of oxime groups is 2. The van der Waals surface area contributed by atoms with Crippen LogP contribution in [0.15, 0.2) is 34.6 Å². The smallest absolute Gasteiger partial charge is 0.334 e. The number of nitrogen functional groups attached to an aromatic ring is 2. The van der Waals surface area contributed by atoms with Gasteiger partial charge in [0.2, 0.25) is 0 Å². The highest BCUT2D eigenvalue weighted by atomic mass is 16.7. The molecule has 3 aromatic rings. The maximum absolute atomic E-state index is 13.7. The highest BCUT2D eigenvalue weighted by Crippen LogP contribution is 2.38. The zero-order chi connectivity index (χ0) is 31.1. The standard InChI is InChI=1S/C33H43N5O5/c1-5-12-27(36-42-29(40)6-2)21-16-23-24-17-22(19-26(35)33(24)38(8-4)32(23)25(34)18-21)31(37-43-30(41)7-3)28(39)15-20-13-10-9-11-14-20/h16-20H,5-15,34-35H2,1-4H3/b36-27+,37-31-. The average Bonchev–Trinajstić information content (AvgIpc) is 3.34. The van der Waals surface area contributed by atoms with Crippen LogP contribution in [-0.4, -0.2) is 33.7 Å². The predicted octanol–water partition coefficient (Wildman–Crippen LogP) is 6.63. The fraction of sp³-hybridized carbons (Fsp3) is 0.485. The van der Waals surface area contributed by atoms with Crippen LogP contribution in [0, 0.1) is 5.92 Å². The molecule has 1 aliphatic rings. The van der Waals surface area contributed by atoms with Crippen molar-refractivity contribution in [2.75, 3.05) is 11.5 Å². The van der Waals surface area contributed by atoms with Gasteiger partial charge < -0.3 is 25.7 Å². The molecule has 1 saturated carbocycles. The molecule has 1 aliphatic carbocycles. The molecule has 0 spiro atoms. The molecule has 1 fully saturated rings. The number of aromatic nitrogens is 1. The number of aryl methyl sites for hydroxylation is 1. The SMILES string of the molecule is CCC/C(=N\OC(=O)CC)c1cc(N)c2c(c1)c1cc(/C(=N/OC(=O)CC)C(=O)CC3CCCCC3)cc(N)c1n2CC. The molecule has 230 valence electrons. The number of nitrogens with two attached hydrogens (primary N) is 2. The zero-order valence-electron chi connectivity index (χ0n) is 25.7. The molecule has 1 aromatic heterocycles. The Labute approximate surface area is 252 Å². The number of nitrogens with zero attached hydrogens (tertiary/aromatic N) is 3. The van der Waals surface area contributed by atoms with Crippen molar-refractivity contribution in [1.82, 2.24) is 4.57 Å². The first kappa shape index (κ1) is 31.7. The molecule has 0 saturated heterocycles. The number of hydrogen-bond donors (Lipinski definition) is 2. The fourth-order valence-corrected chi connectivity index (χ4v) is 5.88. The number of carbonyl (C=O) groups excluding carboxylic acids is 3. The second-order valence-corrected chi connectivity index (χ2v) is 11.2.